The predicted octanol–water partition coefficient (Wildman–Crippen LogP) is 8.99. The monoisotopic (exact) mass is 627 g/mol. The van der Waals surface area contributed by atoms with Gasteiger partial charge in [-0.15, -0.1) is 0 Å². The number of Topliss-reactive ketones (excluding diaryl/α,β-unsaturated/α-hetero) is 1. The van der Waals surface area contributed by atoms with Crippen molar-refractivity contribution in [3.05, 3.63) is 29.8 Å². The number of nitrogens with one attached hydrogen (secondary N) is 1. The molecule has 0 saturated heterocycles. The smallest absolute Gasteiger partial charge is 0.449 e. The highest BCUT2D eigenvalue weighted by Crippen LogP contribution is 2.29. The van der Waals surface area contributed by atoms with Gasteiger partial charge in [0, 0.05) is 18.7 Å². The summed E-state index contributed by atoms with van der Waals surface area (Å²) >= 11 is 0. The quantitative estimate of drug-likeness (QED) is 0.0778. The van der Waals surface area contributed by atoms with Crippen LogP contribution in [0.2, 0.25) is 0 Å². The van der Waals surface area contributed by atoms with Crippen molar-refractivity contribution in [1.82, 2.24) is 0 Å². The van der Waals surface area contributed by atoms with Crippen molar-refractivity contribution in [3.8, 4) is 0 Å². The predicted molar refractivity (Wildman–Crippen MR) is 165 cm³/mol. The van der Waals surface area contributed by atoms with Crippen molar-refractivity contribution in [1.29, 1.82) is 0 Å². The third kappa shape index (κ3) is 16.8. The molecule has 0 amide bonds. The lowest BCUT2D eigenvalue weighted by molar-refractivity contribution is -0.171. The molecule has 1 rings (SSSR count). The lowest BCUT2D eigenvalue weighted by Gasteiger charge is -2.26. The minimum absolute atomic E-state index is 0.128. The Bertz CT molecular complexity index is 1000. The Morgan fingerprint density at radius 2 is 1.16 bits per heavy atom. The molecule has 0 aliphatic heterocycles. The van der Waals surface area contributed by atoms with Gasteiger partial charge in [-0.2, -0.15) is 13.2 Å². The van der Waals surface area contributed by atoms with E-state index >= 15 is 0 Å². The van der Waals surface area contributed by atoms with Crippen molar-refractivity contribution in [2.75, 3.05) is 18.5 Å². The molecule has 1 atom stereocenters. The van der Waals surface area contributed by atoms with Crippen LogP contribution in [-0.2, 0) is 23.9 Å². The molecule has 1 N–H and O–H groups in total. The normalized spacial score (nSPS) is 12.4. The zero-order valence-corrected chi connectivity index (χ0v) is 27.0. The van der Waals surface area contributed by atoms with E-state index in [0.29, 0.717) is 12.8 Å². The molecule has 44 heavy (non-hydrogen) atoms. The summed E-state index contributed by atoms with van der Waals surface area (Å²) in [4.78, 5) is 48.1. The molecule has 0 saturated carbocycles. The summed E-state index contributed by atoms with van der Waals surface area (Å²) in [7, 11) is 0. The molecule has 0 fully saturated rings. The van der Waals surface area contributed by atoms with Crippen LogP contribution < -0.4 is 5.32 Å². The molecule has 250 valence electrons. The Kier molecular flexibility index (Phi) is 18.6. The lowest BCUT2D eigenvalue weighted by Crippen LogP contribution is -2.39. The van der Waals surface area contributed by atoms with E-state index in [-0.39, 0.29) is 18.6 Å². The van der Waals surface area contributed by atoms with E-state index < -0.39 is 41.2 Å². The van der Waals surface area contributed by atoms with Crippen LogP contribution in [0.3, 0.4) is 0 Å². The SMILES string of the molecule is CCOC(=O)C(C(=O)OC(=O)c1ccc(NCCCCCCCCCCCCCCCCC(=O)C(F)(F)F)cc1)C(C)(C)C. The van der Waals surface area contributed by atoms with Gasteiger partial charge in [0.15, 0.2) is 5.92 Å². The average Bonchev–Trinajstić information content (AvgIpc) is 2.93. The maximum absolute atomic E-state index is 12.6. The van der Waals surface area contributed by atoms with Gasteiger partial charge in [-0.25, -0.2) is 4.79 Å². The molecule has 7 nitrogen and oxygen atoms in total. The van der Waals surface area contributed by atoms with Gasteiger partial charge < -0.3 is 14.8 Å². The van der Waals surface area contributed by atoms with Crippen LogP contribution in [0.4, 0.5) is 18.9 Å². The van der Waals surface area contributed by atoms with Gasteiger partial charge >= 0.3 is 24.1 Å². The number of unbranched alkanes of at least 4 members (excludes halogenated alkanes) is 13. The van der Waals surface area contributed by atoms with E-state index in [4.69, 9.17) is 9.47 Å². The van der Waals surface area contributed by atoms with Crippen molar-refractivity contribution in [3.63, 3.8) is 0 Å². The van der Waals surface area contributed by atoms with E-state index in [2.05, 4.69) is 5.32 Å². The standard InChI is InChI=1S/C34H52F3NO6/c1-5-43-31(41)29(33(2,3)4)32(42)44-30(40)26-21-23-27(24-22-26)38-25-19-17-15-13-11-9-7-6-8-10-12-14-16-18-20-28(39)34(35,36)37/h21-24,29,38H,5-20,25H2,1-4H3. The van der Waals surface area contributed by atoms with Gasteiger partial charge in [-0.3, -0.25) is 14.4 Å². The first-order valence-corrected chi connectivity index (χ1v) is 16.1. The maximum Gasteiger partial charge on any atom is 0.449 e. The summed E-state index contributed by atoms with van der Waals surface area (Å²) in [6.45, 7) is 7.72. The van der Waals surface area contributed by atoms with E-state index in [1.165, 1.54) is 38.5 Å². The Balaban J connectivity index is 2.09. The minimum Gasteiger partial charge on any atom is -0.465 e. The Morgan fingerprint density at radius 3 is 1.59 bits per heavy atom. The highest BCUT2D eigenvalue weighted by atomic mass is 19.4. The molecule has 0 radical (unpaired) electrons. The lowest BCUT2D eigenvalue weighted by atomic mass is 9.81. The van der Waals surface area contributed by atoms with Gasteiger partial charge in [-0.1, -0.05) is 97.8 Å². The summed E-state index contributed by atoms with van der Waals surface area (Å²) < 4.78 is 46.4. The molecular formula is C34H52F3NO6. The second-order valence-electron chi connectivity index (χ2n) is 12.4. The van der Waals surface area contributed by atoms with Crippen LogP contribution in [0, 0.1) is 11.3 Å². The fourth-order valence-electron chi connectivity index (χ4n) is 4.87. The van der Waals surface area contributed by atoms with Crippen LogP contribution in [-0.4, -0.2) is 43.0 Å². The second-order valence-corrected chi connectivity index (χ2v) is 12.4. The van der Waals surface area contributed by atoms with Gasteiger partial charge in [0.25, 0.3) is 0 Å². The number of carbonyl (C=O) groups is 4. The van der Waals surface area contributed by atoms with E-state index in [1.807, 2.05) is 0 Å². The summed E-state index contributed by atoms with van der Waals surface area (Å²) in [5.74, 6) is -5.25. The van der Waals surface area contributed by atoms with E-state index in [9.17, 15) is 32.3 Å². The highest BCUT2D eigenvalue weighted by Gasteiger charge is 2.41. The highest BCUT2D eigenvalue weighted by molar-refractivity contribution is 6.03. The minimum atomic E-state index is -4.69. The van der Waals surface area contributed by atoms with Crippen molar-refractivity contribution >= 4 is 29.4 Å². The van der Waals surface area contributed by atoms with E-state index in [1.54, 1.807) is 52.0 Å². The number of alkyl halides is 3. The molecule has 1 unspecified atom stereocenters. The summed E-state index contributed by atoms with van der Waals surface area (Å²) in [6.07, 6.45) is 9.47. The Labute approximate surface area is 261 Å². The number of halogens is 3. The number of ketones is 1. The fourth-order valence-corrected chi connectivity index (χ4v) is 4.87. The molecule has 0 bridgehead atoms. The zero-order chi connectivity index (χ0) is 33.0. The zero-order valence-electron chi connectivity index (χ0n) is 27.0. The van der Waals surface area contributed by atoms with Gasteiger partial charge in [0.2, 0.25) is 5.78 Å². The summed E-state index contributed by atoms with van der Waals surface area (Å²) in [6, 6.07) is 6.68. The number of benzene rings is 1. The molecule has 0 aliphatic rings. The molecule has 0 aliphatic carbocycles. The Hall–Kier alpha value is -2.91. The van der Waals surface area contributed by atoms with Crippen LogP contribution in [0.5, 0.6) is 0 Å². The maximum atomic E-state index is 12.6. The molecule has 0 heterocycles. The third-order valence-electron chi connectivity index (χ3n) is 7.41. The third-order valence-corrected chi connectivity index (χ3v) is 7.41. The number of anilines is 1. The van der Waals surface area contributed by atoms with Crippen LogP contribution in [0.15, 0.2) is 24.3 Å². The number of rotatable bonds is 22. The topological polar surface area (TPSA) is 98.8 Å². The van der Waals surface area contributed by atoms with Crippen molar-refractivity contribution in [2.24, 2.45) is 11.3 Å². The number of hydrogen-bond donors (Lipinski definition) is 1. The second kappa shape index (κ2) is 20.9. The molecule has 10 heteroatoms. The number of esters is 3. The van der Waals surface area contributed by atoms with Gasteiger partial charge in [0.1, 0.15) is 0 Å². The first kappa shape index (κ1) is 39.1. The van der Waals surface area contributed by atoms with Crippen LogP contribution in [0.1, 0.15) is 134 Å². The van der Waals surface area contributed by atoms with Crippen LogP contribution in [0.25, 0.3) is 0 Å². The van der Waals surface area contributed by atoms with Crippen LogP contribution >= 0.6 is 0 Å². The average molecular weight is 628 g/mol. The van der Waals surface area contributed by atoms with Crippen molar-refractivity contribution in [2.45, 2.75) is 130 Å². The number of hydrogen-bond acceptors (Lipinski definition) is 7. The Morgan fingerprint density at radius 1 is 0.705 bits per heavy atom. The van der Waals surface area contributed by atoms with Gasteiger partial charge in [0.05, 0.1) is 12.2 Å². The number of carbonyl (C=O) groups excluding carboxylic acids is 4. The molecule has 0 aromatic heterocycles. The van der Waals surface area contributed by atoms with E-state index in [0.717, 1.165) is 50.8 Å². The first-order valence-electron chi connectivity index (χ1n) is 16.1. The van der Waals surface area contributed by atoms with Crippen molar-refractivity contribution < 1.29 is 41.8 Å². The molecule has 1 aromatic carbocycles. The summed E-state index contributed by atoms with van der Waals surface area (Å²) in [5.41, 5.74) is 0.321. The number of ether oxygens (including phenoxy) is 2. The molecule has 1 aromatic rings. The first-order chi connectivity index (χ1) is 20.8. The molecular weight excluding hydrogens is 575 g/mol. The van der Waals surface area contributed by atoms with Gasteiger partial charge in [-0.05, 0) is 49.4 Å². The molecule has 0 spiro atoms. The fraction of sp³-hybridized carbons (Fsp3) is 0.706. The summed E-state index contributed by atoms with van der Waals surface area (Å²) in [5, 5.41) is 3.34. The largest absolute Gasteiger partial charge is 0.465 e.